The number of carbonyl (C=O) groups excluding carboxylic acids is 1. The summed E-state index contributed by atoms with van der Waals surface area (Å²) < 4.78 is 1.63. The molecular formula is C13H22N4O3. The smallest absolute Gasteiger partial charge is 0.244 e. The van der Waals surface area contributed by atoms with Gasteiger partial charge in [0.15, 0.2) is 0 Å². The molecule has 0 saturated carbocycles. The van der Waals surface area contributed by atoms with E-state index in [9.17, 15) is 15.0 Å². The molecule has 1 amide bonds. The normalized spacial score (nSPS) is 27.4. The van der Waals surface area contributed by atoms with Crippen molar-refractivity contribution < 1.29 is 15.0 Å². The Morgan fingerprint density at radius 1 is 1.45 bits per heavy atom. The molecule has 1 fully saturated rings. The Bertz CT molecular complexity index is 488. The fourth-order valence-electron chi connectivity index (χ4n) is 2.50. The topological polar surface area (TPSA) is 105 Å². The van der Waals surface area contributed by atoms with E-state index in [-0.39, 0.29) is 25.5 Å². The van der Waals surface area contributed by atoms with Gasteiger partial charge in [-0.2, -0.15) is 5.10 Å². The lowest BCUT2D eigenvalue weighted by Gasteiger charge is -2.24. The zero-order chi connectivity index (χ0) is 14.9. The van der Waals surface area contributed by atoms with Crippen molar-refractivity contribution in [3.8, 4) is 0 Å². The highest BCUT2D eigenvalue weighted by molar-refractivity contribution is 5.76. The Morgan fingerprint density at radius 2 is 2.15 bits per heavy atom. The van der Waals surface area contributed by atoms with Gasteiger partial charge in [0.05, 0.1) is 17.9 Å². The number of hydrogen-bond acceptors (Lipinski definition) is 5. The minimum atomic E-state index is -0.809. The van der Waals surface area contributed by atoms with Gasteiger partial charge in [0.1, 0.15) is 6.54 Å². The number of amides is 1. The van der Waals surface area contributed by atoms with E-state index in [1.165, 1.54) is 4.90 Å². The second-order valence-electron chi connectivity index (χ2n) is 5.50. The Balaban J connectivity index is 2.06. The number of rotatable bonds is 2. The summed E-state index contributed by atoms with van der Waals surface area (Å²) in [5.74, 6) is -0.177. The van der Waals surface area contributed by atoms with Crippen LogP contribution < -0.4 is 5.73 Å². The maximum absolute atomic E-state index is 12.3. The first-order valence-electron chi connectivity index (χ1n) is 6.77. The zero-order valence-electron chi connectivity index (χ0n) is 11.9. The van der Waals surface area contributed by atoms with Crippen LogP contribution in [0.1, 0.15) is 17.8 Å². The minimum Gasteiger partial charge on any atom is -0.391 e. The molecule has 2 rings (SSSR count). The molecule has 7 nitrogen and oxygen atoms in total. The summed E-state index contributed by atoms with van der Waals surface area (Å²) in [7, 11) is 0. The average molecular weight is 282 g/mol. The van der Waals surface area contributed by atoms with Gasteiger partial charge in [-0.1, -0.05) is 0 Å². The number of aryl methyl sites for hydroxylation is 2. The number of aliphatic hydroxyl groups is 2. The Kier molecular flexibility index (Phi) is 4.42. The first kappa shape index (κ1) is 15.0. The first-order chi connectivity index (χ1) is 9.36. The van der Waals surface area contributed by atoms with E-state index < -0.39 is 18.2 Å². The van der Waals surface area contributed by atoms with Gasteiger partial charge in [-0.15, -0.1) is 0 Å². The third-order valence-electron chi connectivity index (χ3n) is 3.62. The number of β-amino-alcohol motifs (C(OH)–C–C–N with tert-alkyl or cyclic N) is 2. The predicted molar refractivity (Wildman–Crippen MR) is 72.9 cm³/mol. The summed E-state index contributed by atoms with van der Waals surface area (Å²) in [4.78, 5) is 13.7. The van der Waals surface area contributed by atoms with Crippen molar-refractivity contribution in [3.05, 3.63) is 17.5 Å². The van der Waals surface area contributed by atoms with Crippen LogP contribution in [0.5, 0.6) is 0 Å². The van der Waals surface area contributed by atoms with Gasteiger partial charge in [-0.05, 0) is 26.3 Å². The maximum atomic E-state index is 12.3. The molecule has 0 aromatic carbocycles. The maximum Gasteiger partial charge on any atom is 0.244 e. The highest BCUT2D eigenvalue weighted by atomic mass is 16.3. The third kappa shape index (κ3) is 3.36. The molecule has 3 atom stereocenters. The van der Waals surface area contributed by atoms with Crippen LogP contribution >= 0.6 is 0 Å². The van der Waals surface area contributed by atoms with Crippen LogP contribution in [0.2, 0.25) is 0 Å². The van der Waals surface area contributed by atoms with Crippen LogP contribution in [0.15, 0.2) is 6.07 Å². The molecule has 1 saturated heterocycles. The number of hydrogen-bond donors (Lipinski definition) is 3. The lowest BCUT2D eigenvalue weighted by molar-refractivity contribution is -0.134. The third-order valence-corrected chi connectivity index (χ3v) is 3.62. The van der Waals surface area contributed by atoms with Gasteiger partial charge in [-0.3, -0.25) is 9.48 Å². The van der Waals surface area contributed by atoms with Gasteiger partial charge in [0.2, 0.25) is 5.91 Å². The summed E-state index contributed by atoms with van der Waals surface area (Å²) in [6, 6.07) is 1.39. The zero-order valence-corrected chi connectivity index (χ0v) is 11.9. The largest absolute Gasteiger partial charge is 0.391 e. The summed E-state index contributed by atoms with van der Waals surface area (Å²) in [6.45, 7) is 4.20. The molecule has 4 N–H and O–H groups in total. The van der Waals surface area contributed by atoms with Crippen LogP contribution in [0.3, 0.4) is 0 Å². The van der Waals surface area contributed by atoms with Crippen molar-refractivity contribution in [2.45, 2.75) is 45.1 Å². The van der Waals surface area contributed by atoms with Crippen LogP contribution in [0.4, 0.5) is 0 Å². The summed E-state index contributed by atoms with van der Waals surface area (Å²) in [5, 5.41) is 23.9. The van der Waals surface area contributed by atoms with E-state index in [4.69, 9.17) is 5.73 Å². The lowest BCUT2D eigenvalue weighted by Crippen LogP contribution is -2.43. The first-order valence-corrected chi connectivity index (χ1v) is 6.77. The molecule has 112 valence electrons. The molecule has 0 aliphatic carbocycles. The number of nitrogens with zero attached hydrogens (tertiary/aromatic N) is 3. The molecule has 2 heterocycles. The highest BCUT2D eigenvalue weighted by Crippen LogP contribution is 2.12. The lowest BCUT2D eigenvalue weighted by atomic mass is 10.1. The van der Waals surface area contributed by atoms with E-state index in [0.29, 0.717) is 6.42 Å². The van der Waals surface area contributed by atoms with Gasteiger partial charge in [0, 0.05) is 24.8 Å². The van der Waals surface area contributed by atoms with Crippen LogP contribution in [0, 0.1) is 13.8 Å². The van der Waals surface area contributed by atoms with Crippen molar-refractivity contribution >= 4 is 5.91 Å². The fraction of sp³-hybridized carbons (Fsp3) is 0.692. The average Bonchev–Trinajstić information content (AvgIpc) is 2.58. The number of aromatic nitrogens is 2. The molecule has 1 aliphatic heterocycles. The van der Waals surface area contributed by atoms with Crippen LogP contribution in [0.25, 0.3) is 0 Å². The van der Waals surface area contributed by atoms with Crippen LogP contribution in [-0.2, 0) is 11.3 Å². The van der Waals surface area contributed by atoms with E-state index in [1.54, 1.807) is 4.68 Å². The standard InChI is InChI=1S/C13H22N4O3/c1-8-3-9(2)17(15-8)7-13(20)16-5-10(18)4-11(14)12(19)6-16/h3,10-12,18-19H,4-7,14H2,1-2H3/t10-,11-,12-/m1/s1. The van der Waals surface area contributed by atoms with E-state index >= 15 is 0 Å². The molecule has 20 heavy (non-hydrogen) atoms. The van der Waals surface area contributed by atoms with Crippen molar-refractivity contribution in [1.29, 1.82) is 0 Å². The van der Waals surface area contributed by atoms with Crippen molar-refractivity contribution in [2.24, 2.45) is 5.73 Å². The minimum absolute atomic E-state index is 0.106. The highest BCUT2D eigenvalue weighted by Gasteiger charge is 2.30. The number of nitrogens with two attached hydrogens (primary N) is 1. The summed E-state index contributed by atoms with van der Waals surface area (Å²) >= 11 is 0. The Morgan fingerprint density at radius 3 is 2.75 bits per heavy atom. The van der Waals surface area contributed by atoms with E-state index in [2.05, 4.69) is 5.10 Å². The van der Waals surface area contributed by atoms with Gasteiger partial charge in [-0.25, -0.2) is 0 Å². The van der Waals surface area contributed by atoms with Crippen molar-refractivity contribution in [2.75, 3.05) is 13.1 Å². The van der Waals surface area contributed by atoms with Crippen LogP contribution in [-0.4, -0.2) is 62.1 Å². The SMILES string of the molecule is Cc1cc(C)n(CC(=O)N2C[C@H](O)C[C@@H](N)[C@H](O)C2)n1. The number of aliphatic hydroxyl groups excluding tert-OH is 2. The molecule has 1 aliphatic rings. The number of carbonyl (C=O) groups is 1. The summed E-state index contributed by atoms with van der Waals surface area (Å²) in [6.07, 6.45) is -1.21. The Labute approximate surface area is 118 Å². The molecule has 1 aromatic rings. The second kappa shape index (κ2) is 5.90. The number of likely N-dealkylation sites (tertiary alicyclic amines) is 1. The predicted octanol–water partition coefficient (Wildman–Crippen LogP) is -1.22. The quantitative estimate of drug-likeness (QED) is 0.631. The molecule has 0 spiro atoms. The van der Waals surface area contributed by atoms with Gasteiger partial charge < -0.3 is 20.8 Å². The van der Waals surface area contributed by atoms with Crippen molar-refractivity contribution in [3.63, 3.8) is 0 Å². The van der Waals surface area contributed by atoms with Crippen molar-refractivity contribution in [1.82, 2.24) is 14.7 Å². The molecule has 0 radical (unpaired) electrons. The van der Waals surface area contributed by atoms with E-state index in [0.717, 1.165) is 11.4 Å². The van der Waals surface area contributed by atoms with E-state index in [1.807, 2.05) is 19.9 Å². The second-order valence-corrected chi connectivity index (χ2v) is 5.50. The molecular weight excluding hydrogens is 260 g/mol. The molecule has 0 bridgehead atoms. The Hall–Kier alpha value is -1.44. The van der Waals surface area contributed by atoms with Gasteiger partial charge in [0.25, 0.3) is 0 Å². The fourth-order valence-corrected chi connectivity index (χ4v) is 2.50. The molecule has 7 heteroatoms. The summed E-state index contributed by atoms with van der Waals surface area (Å²) in [5.41, 5.74) is 7.51. The monoisotopic (exact) mass is 282 g/mol. The molecule has 0 unspecified atom stereocenters. The van der Waals surface area contributed by atoms with Gasteiger partial charge >= 0.3 is 0 Å². The molecule has 1 aromatic heterocycles.